The summed E-state index contributed by atoms with van der Waals surface area (Å²) in [6, 6.07) is 14.3. The van der Waals surface area contributed by atoms with Crippen LogP contribution in [0.5, 0.6) is 11.5 Å². The maximum Gasteiger partial charge on any atom is 0.300 e. The molecule has 1 heterocycles. The summed E-state index contributed by atoms with van der Waals surface area (Å²) in [5.74, 6) is -1.98. The van der Waals surface area contributed by atoms with Gasteiger partial charge < -0.3 is 14.9 Å². The summed E-state index contributed by atoms with van der Waals surface area (Å²) in [5, 5.41) is 21.7. The number of amides is 1. The van der Waals surface area contributed by atoms with Crippen molar-refractivity contribution in [3.8, 4) is 11.5 Å². The number of rotatable bonds is 5. The van der Waals surface area contributed by atoms with Gasteiger partial charge in [-0.05, 0) is 61.0 Å². The molecule has 4 rings (SSSR count). The van der Waals surface area contributed by atoms with Crippen molar-refractivity contribution >= 4 is 57.9 Å². The first-order chi connectivity index (χ1) is 16.2. The Hall–Kier alpha value is -3.19. The van der Waals surface area contributed by atoms with E-state index < -0.39 is 23.5 Å². The Labute approximate surface area is 210 Å². The Morgan fingerprint density at radius 1 is 1.00 bits per heavy atom. The first-order valence-corrected chi connectivity index (χ1v) is 11.3. The Morgan fingerprint density at radius 3 is 2.44 bits per heavy atom. The number of hydrogen-bond acceptors (Lipinski definition) is 5. The van der Waals surface area contributed by atoms with E-state index in [0.717, 1.165) is 0 Å². The van der Waals surface area contributed by atoms with E-state index in [0.29, 0.717) is 28.6 Å². The van der Waals surface area contributed by atoms with Gasteiger partial charge in [-0.3, -0.25) is 14.5 Å². The van der Waals surface area contributed by atoms with Crippen LogP contribution in [0, 0.1) is 0 Å². The second-order valence-electron chi connectivity index (χ2n) is 7.43. The van der Waals surface area contributed by atoms with Crippen molar-refractivity contribution in [2.75, 3.05) is 11.5 Å². The van der Waals surface area contributed by atoms with Crippen molar-refractivity contribution < 1.29 is 24.5 Å². The number of ether oxygens (including phenoxy) is 1. The van der Waals surface area contributed by atoms with E-state index in [2.05, 4.69) is 0 Å². The molecule has 0 spiro atoms. The summed E-state index contributed by atoms with van der Waals surface area (Å²) < 4.78 is 5.49. The third-order valence-corrected chi connectivity index (χ3v) is 6.19. The highest BCUT2D eigenvalue weighted by Gasteiger charge is 2.47. The van der Waals surface area contributed by atoms with Crippen molar-refractivity contribution in [2.45, 2.75) is 13.0 Å². The van der Waals surface area contributed by atoms with Crippen LogP contribution in [0.3, 0.4) is 0 Å². The van der Waals surface area contributed by atoms with Gasteiger partial charge in [0.25, 0.3) is 11.7 Å². The predicted molar refractivity (Wildman–Crippen MR) is 132 cm³/mol. The number of halogens is 3. The number of benzene rings is 3. The monoisotopic (exact) mass is 517 g/mol. The fourth-order valence-electron chi connectivity index (χ4n) is 3.82. The lowest BCUT2D eigenvalue weighted by atomic mass is 9.95. The van der Waals surface area contributed by atoms with Crippen LogP contribution in [0.15, 0.2) is 66.2 Å². The molecular weight excluding hydrogens is 501 g/mol. The largest absolute Gasteiger partial charge is 0.507 e. The average molecular weight is 519 g/mol. The van der Waals surface area contributed by atoms with Crippen molar-refractivity contribution in [1.29, 1.82) is 0 Å². The number of hydrogen-bond donors (Lipinski definition) is 2. The molecule has 2 N–H and O–H groups in total. The molecule has 3 aromatic rings. The van der Waals surface area contributed by atoms with Crippen LogP contribution >= 0.6 is 34.8 Å². The summed E-state index contributed by atoms with van der Waals surface area (Å²) >= 11 is 18.6. The molecule has 0 aliphatic carbocycles. The van der Waals surface area contributed by atoms with Crippen molar-refractivity contribution in [1.82, 2.24) is 0 Å². The number of aliphatic hydroxyl groups excluding tert-OH is 1. The Bertz CT molecular complexity index is 1340. The predicted octanol–water partition coefficient (Wildman–Crippen LogP) is 6.38. The number of nitrogens with zero attached hydrogens (tertiary/aromatic N) is 1. The van der Waals surface area contributed by atoms with E-state index in [1.54, 1.807) is 31.2 Å². The number of anilines is 1. The number of Topliss-reactive ketones (excluding diaryl/α,β-unsaturated/α-hetero) is 1. The van der Waals surface area contributed by atoms with Crippen LogP contribution in [0.2, 0.25) is 15.1 Å². The molecule has 0 saturated carbocycles. The Balaban J connectivity index is 1.98. The lowest BCUT2D eigenvalue weighted by Gasteiger charge is -2.26. The molecule has 0 radical (unpaired) electrons. The molecule has 1 amide bonds. The van der Waals surface area contributed by atoms with E-state index in [1.165, 1.54) is 41.3 Å². The summed E-state index contributed by atoms with van der Waals surface area (Å²) in [4.78, 5) is 27.7. The number of carbonyl (C=O) groups is 2. The molecule has 9 heteroatoms. The molecule has 6 nitrogen and oxygen atoms in total. The molecule has 1 atom stereocenters. The summed E-state index contributed by atoms with van der Waals surface area (Å²) in [5.41, 5.74) is 0.673. The molecular formula is C25H18Cl3NO5. The number of aromatic hydroxyl groups is 1. The quantitative estimate of drug-likeness (QED) is 0.233. The highest BCUT2D eigenvalue weighted by atomic mass is 35.5. The fraction of sp³-hybridized carbons (Fsp3) is 0.120. The average Bonchev–Trinajstić information content (AvgIpc) is 3.07. The van der Waals surface area contributed by atoms with E-state index in [9.17, 15) is 19.8 Å². The van der Waals surface area contributed by atoms with E-state index in [1.807, 2.05) is 0 Å². The minimum Gasteiger partial charge on any atom is -0.507 e. The third-order valence-electron chi connectivity index (χ3n) is 5.32. The van der Waals surface area contributed by atoms with Gasteiger partial charge in [-0.25, -0.2) is 0 Å². The Kier molecular flexibility index (Phi) is 6.75. The standard InChI is InChI=1S/C25H18Cl3NO5/c1-2-34-16-7-8-18(27)17(12-16)23(31)21-22(13-6-9-20(30)19(28)10-13)29(25(33)24(21)32)15-5-3-4-14(26)11-15/h3-12,22,30-31H,2H2,1H3/b23-21+. The van der Waals surface area contributed by atoms with Crippen LogP contribution in [0.4, 0.5) is 5.69 Å². The summed E-state index contributed by atoms with van der Waals surface area (Å²) in [7, 11) is 0. The first-order valence-electron chi connectivity index (χ1n) is 10.2. The zero-order valence-electron chi connectivity index (χ0n) is 17.8. The zero-order chi connectivity index (χ0) is 24.6. The van der Waals surface area contributed by atoms with E-state index >= 15 is 0 Å². The molecule has 1 aliphatic rings. The molecule has 34 heavy (non-hydrogen) atoms. The number of phenolic OH excluding ortho intramolecular Hbond substituents is 1. The van der Waals surface area contributed by atoms with Gasteiger partial charge in [-0.1, -0.05) is 46.9 Å². The van der Waals surface area contributed by atoms with Crippen LogP contribution in [0.25, 0.3) is 5.76 Å². The number of aliphatic hydroxyl groups is 1. The molecule has 3 aromatic carbocycles. The van der Waals surface area contributed by atoms with Crippen LogP contribution in [-0.2, 0) is 9.59 Å². The molecule has 1 unspecified atom stereocenters. The van der Waals surface area contributed by atoms with Crippen molar-refractivity contribution in [2.24, 2.45) is 0 Å². The highest BCUT2D eigenvalue weighted by Crippen LogP contribution is 2.44. The topological polar surface area (TPSA) is 87.1 Å². The lowest BCUT2D eigenvalue weighted by Crippen LogP contribution is -2.29. The molecule has 0 bridgehead atoms. The van der Waals surface area contributed by atoms with Crippen LogP contribution < -0.4 is 9.64 Å². The molecule has 0 aromatic heterocycles. The van der Waals surface area contributed by atoms with Gasteiger partial charge in [0.2, 0.25) is 0 Å². The van der Waals surface area contributed by atoms with Crippen LogP contribution in [0.1, 0.15) is 24.1 Å². The summed E-state index contributed by atoms with van der Waals surface area (Å²) in [6.45, 7) is 2.19. The number of phenols is 1. The smallest absolute Gasteiger partial charge is 0.300 e. The Morgan fingerprint density at radius 2 is 1.76 bits per heavy atom. The van der Waals surface area contributed by atoms with Gasteiger partial charge in [0.05, 0.1) is 28.3 Å². The maximum atomic E-state index is 13.2. The van der Waals surface area contributed by atoms with Gasteiger partial charge in [0.1, 0.15) is 17.3 Å². The molecule has 1 aliphatic heterocycles. The second kappa shape index (κ2) is 9.58. The van der Waals surface area contributed by atoms with Gasteiger partial charge in [-0.15, -0.1) is 0 Å². The minimum atomic E-state index is -1.07. The third kappa shape index (κ3) is 4.32. The van der Waals surface area contributed by atoms with Crippen LogP contribution in [-0.4, -0.2) is 28.5 Å². The van der Waals surface area contributed by atoms with Crippen molar-refractivity contribution in [3.05, 3.63) is 92.4 Å². The van der Waals surface area contributed by atoms with Gasteiger partial charge in [0, 0.05) is 16.3 Å². The van der Waals surface area contributed by atoms with E-state index in [-0.39, 0.29) is 26.9 Å². The molecule has 1 saturated heterocycles. The lowest BCUT2D eigenvalue weighted by molar-refractivity contribution is -0.132. The number of ketones is 1. The SMILES string of the molecule is CCOc1ccc(Cl)c(/C(O)=C2\C(=O)C(=O)N(c3cccc(Cl)c3)C2c2ccc(O)c(Cl)c2)c1. The van der Waals surface area contributed by atoms with Gasteiger partial charge >= 0.3 is 0 Å². The summed E-state index contributed by atoms with van der Waals surface area (Å²) in [6.07, 6.45) is 0. The first kappa shape index (κ1) is 24.0. The second-order valence-corrected chi connectivity index (χ2v) is 8.69. The number of carbonyl (C=O) groups excluding carboxylic acids is 2. The zero-order valence-corrected chi connectivity index (χ0v) is 20.0. The minimum absolute atomic E-state index is 0.0190. The maximum absolute atomic E-state index is 13.2. The molecule has 1 fully saturated rings. The highest BCUT2D eigenvalue weighted by molar-refractivity contribution is 6.52. The van der Waals surface area contributed by atoms with Crippen molar-refractivity contribution in [3.63, 3.8) is 0 Å². The molecule has 174 valence electrons. The fourth-order valence-corrected chi connectivity index (χ4v) is 4.40. The van der Waals surface area contributed by atoms with Gasteiger partial charge in [0.15, 0.2) is 0 Å². The van der Waals surface area contributed by atoms with Gasteiger partial charge in [-0.2, -0.15) is 0 Å². The normalized spacial score (nSPS) is 17.3. The van der Waals surface area contributed by atoms with E-state index in [4.69, 9.17) is 39.5 Å².